The zero-order valence-corrected chi connectivity index (χ0v) is 11.6. The molecule has 0 saturated heterocycles. The van der Waals surface area contributed by atoms with Crippen molar-refractivity contribution in [1.82, 2.24) is 0 Å². The topological polar surface area (TPSA) is 81.8 Å². The first-order chi connectivity index (χ1) is 8.84. The highest BCUT2D eigenvalue weighted by Gasteiger charge is 2.25. The molecule has 0 unspecified atom stereocenters. The molecule has 0 aromatic heterocycles. The summed E-state index contributed by atoms with van der Waals surface area (Å²) in [6, 6.07) is 2.94. The molecule has 1 aromatic carbocycles. The molecule has 6 nitrogen and oxygen atoms in total. The summed E-state index contributed by atoms with van der Waals surface area (Å²) in [6.45, 7) is 3.62. The fraction of sp³-hybridized carbons (Fsp3) is 0.538. The number of methoxy groups -OCH3 is 2. The minimum Gasteiger partial charge on any atom is -0.493 e. The fourth-order valence-corrected chi connectivity index (χ4v) is 1.79. The highest BCUT2D eigenvalue weighted by Crippen LogP contribution is 2.37. The number of nitro benzene ring substituents is 1. The van der Waals surface area contributed by atoms with E-state index >= 15 is 0 Å². The van der Waals surface area contributed by atoms with Crippen molar-refractivity contribution in [3.05, 3.63) is 27.8 Å². The SMILES string of the molecule is COc1cc(CC(C)(C)CO)c([N+](=O)[O-])cc1OC. The lowest BCUT2D eigenvalue weighted by molar-refractivity contribution is -0.385. The minimum absolute atomic E-state index is 0.0285. The Labute approximate surface area is 112 Å². The third-order valence-corrected chi connectivity index (χ3v) is 2.88. The Morgan fingerprint density at radius 3 is 2.21 bits per heavy atom. The molecule has 0 aliphatic heterocycles. The number of nitro groups is 1. The number of rotatable bonds is 6. The van der Waals surface area contributed by atoms with Gasteiger partial charge in [0.05, 0.1) is 25.2 Å². The molecule has 0 atom stereocenters. The van der Waals surface area contributed by atoms with Crippen LogP contribution in [0.3, 0.4) is 0 Å². The van der Waals surface area contributed by atoms with Gasteiger partial charge < -0.3 is 14.6 Å². The Bertz CT molecular complexity index is 470. The summed E-state index contributed by atoms with van der Waals surface area (Å²) in [7, 11) is 2.91. The average Bonchev–Trinajstić information content (AvgIpc) is 2.37. The second-order valence-corrected chi connectivity index (χ2v) is 5.09. The van der Waals surface area contributed by atoms with Crippen molar-refractivity contribution in [2.45, 2.75) is 20.3 Å². The van der Waals surface area contributed by atoms with Crippen LogP contribution in [0.4, 0.5) is 5.69 Å². The van der Waals surface area contributed by atoms with Crippen molar-refractivity contribution in [3.8, 4) is 11.5 Å². The summed E-state index contributed by atoms with van der Waals surface area (Å²) in [5.74, 6) is 0.761. The van der Waals surface area contributed by atoms with Crippen LogP contribution in [-0.4, -0.2) is 30.9 Å². The lowest BCUT2D eigenvalue weighted by Gasteiger charge is -2.22. The Morgan fingerprint density at radius 1 is 1.26 bits per heavy atom. The summed E-state index contributed by atoms with van der Waals surface area (Å²) in [4.78, 5) is 10.7. The molecule has 6 heteroatoms. The van der Waals surface area contributed by atoms with E-state index in [0.29, 0.717) is 23.5 Å². The van der Waals surface area contributed by atoms with Gasteiger partial charge in [0.15, 0.2) is 11.5 Å². The third-order valence-electron chi connectivity index (χ3n) is 2.88. The van der Waals surface area contributed by atoms with Crippen LogP contribution in [0.5, 0.6) is 11.5 Å². The summed E-state index contributed by atoms with van der Waals surface area (Å²) >= 11 is 0. The Kier molecular flexibility index (Phi) is 4.72. The van der Waals surface area contributed by atoms with Crippen LogP contribution in [-0.2, 0) is 6.42 Å². The first-order valence-corrected chi connectivity index (χ1v) is 5.85. The highest BCUT2D eigenvalue weighted by atomic mass is 16.6. The van der Waals surface area contributed by atoms with Crippen LogP contribution < -0.4 is 9.47 Å². The maximum atomic E-state index is 11.1. The van der Waals surface area contributed by atoms with Crippen LogP contribution in [0.2, 0.25) is 0 Å². The van der Waals surface area contributed by atoms with Gasteiger partial charge in [-0.2, -0.15) is 0 Å². The van der Waals surface area contributed by atoms with Gasteiger partial charge in [0.25, 0.3) is 5.69 Å². The van der Waals surface area contributed by atoms with E-state index in [-0.39, 0.29) is 12.3 Å². The van der Waals surface area contributed by atoms with E-state index in [1.165, 1.54) is 20.3 Å². The van der Waals surface area contributed by atoms with Crippen LogP contribution in [0.1, 0.15) is 19.4 Å². The molecule has 1 rings (SSSR count). The largest absolute Gasteiger partial charge is 0.493 e. The molecule has 0 heterocycles. The van der Waals surface area contributed by atoms with E-state index in [0.717, 1.165) is 0 Å². The molecule has 0 aliphatic rings. The average molecular weight is 269 g/mol. The Morgan fingerprint density at radius 2 is 1.79 bits per heavy atom. The van der Waals surface area contributed by atoms with Gasteiger partial charge in [-0.05, 0) is 17.9 Å². The fourth-order valence-electron chi connectivity index (χ4n) is 1.79. The molecule has 0 fully saturated rings. The van der Waals surface area contributed by atoms with Crippen LogP contribution in [0.25, 0.3) is 0 Å². The first-order valence-electron chi connectivity index (χ1n) is 5.85. The molecule has 0 amide bonds. The van der Waals surface area contributed by atoms with Crippen molar-refractivity contribution >= 4 is 5.69 Å². The van der Waals surface area contributed by atoms with Crippen molar-refractivity contribution in [3.63, 3.8) is 0 Å². The highest BCUT2D eigenvalue weighted by molar-refractivity contribution is 5.54. The number of nitrogens with zero attached hydrogens (tertiary/aromatic N) is 1. The monoisotopic (exact) mass is 269 g/mol. The standard InChI is InChI=1S/C13H19NO5/c1-13(2,8-15)7-9-5-11(18-3)12(19-4)6-10(9)14(16)17/h5-6,15H,7-8H2,1-4H3. The normalized spacial score (nSPS) is 11.2. The lowest BCUT2D eigenvalue weighted by atomic mass is 9.86. The van der Waals surface area contributed by atoms with Gasteiger partial charge in [-0.15, -0.1) is 0 Å². The van der Waals surface area contributed by atoms with Gasteiger partial charge in [0.2, 0.25) is 0 Å². The molecule has 0 bridgehead atoms. The lowest BCUT2D eigenvalue weighted by Crippen LogP contribution is -2.20. The molecule has 0 spiro atoms. The van der Waals surface area contributed by atoms with Crippen molar-refractivity contribution in [1.29, 1.82) is 0 Å². The van der Waals surface area contributed by atoms with Crippen molar-refractivity contribution < 1.29 is 19.5 Å². The minimum atomic E-state index is -0.454. The van der Waals surface area contributed by atoms with E-state index < -0.39 is 10.3 Å². The molecular weight excluding hydrogens is 250 g/mol. The summed E-state index contributed by atoms with van der Waals surface area (Å²) in [5, 5.41) is 20.4. The van der Waals surface area contributed by atoms with Gasteiger partial charge in [-0.25, -0.2) is 0 Å². The molecule has 0 aliphatic carbocycles. The van der Waals surface area contributed by atoms with Gasteiger partial charge in [-0.1, -0.05) is 13.8 Å². The smallest absolute Gasteiger partial charge is 0.276 e. The molecule has 1 N–H and O–H groups in total. The summed E-state index contributed by atoms with van der Waals surface area (Å²) < 4.78 is 10.2. The number of aliphatic hydroxyl groups is 1. The van der Waals surface area contributed by atoms with Gasteiger partial charge in [0.1, 0.15) is 0 Å². The van der Waals surface area contributed by atoms with Crippen molar-refractivity contribution in [2.24, 2.45) is 5.41 Å². The van der Waals surface area contributed by atoms with E-state index in [4.69, 9.17) is 9.47 Å². The predicted molar refractivity (Wildman–Crippen MR) is 70.8 cm³/mol. The quantitative estimate of drug-likeness (QED) is 0.632. The third kappa shape index (κ3) is 3.57. The maximum Gasteiger partial charge on any atom is 0.276 e. The summed E-state index contributed by atoms with van der Waals surface area (Å²) in [6.07, 6.45) is 0.375. The second-order valence-electron chi connectivity index (χ2n) is 5.09. The van der Waals surface area contributed by atoms with Gasteiger partial charge in [-0.3, -0.25) is 10.1 Å². The van der Waals surface area contributed by atoms with E-state index in [9.17, 15) is 15.2 Å². The molecule has 19 heavy (non-hydrogen) atoms. The second kappa shape index (κ2) is 5.88. The van der Waals surface area contributed by atoms with Crippen molar-refractivity contribution in [2.75, 3.05) is 20.8 Å². The van der Waals surface area contributed by atoms with Gasteiger partial charge >= 0.3 is 0 Å². The van der Waals surface area contributed by atoms with Crippen LogP contribution in [0.15, 0.2) is 12.1 Å². The number of aliphatic hydroxyl groups excluding tert-OH is 1. The van der Waals surface area contributed by atoms with E-state index in [2.05, 4.69) is 0 Å². The van der Waals surface area contributed by atoms with E-state index in [1.54, 1.807) is 6.07 Å². The van der Waals surface area contributed by atoms with Crippen LogP contribution >= 0.6 is 0 Å². The number of benzene rings is 1. The van der Waals surface area contributed by atoms with Gasteiger partial charge in [0, 0.05) is 12.2 Å². The number of ether oxygens (including phenoxy) is 2. The molecule has 106 valence electrons. The summed E-state index contributed by atoms with van der Waals surface area (Å²) in [5.41, 5.74) is 0.0468. The zero-order valence-electron chi connectivity index (χ0n) is 11.6. The molecule has 0 radical (unpaired) electrons. The predicted octanol–water partition coefficient (Wildman–Crippen LogP) is 2.17. The molecule has 0 saturated carbocycles. The maximum absolute atomic E-state index is 11.1. The van der Waals surface area contributed by atoms with E-state index in [1.807, 2.05) is 13.8 Å². The Hall–Kier alpha value is -1.82. The molecule has 1 aromatic rings. The zero-order chi connectivity index (χ0) is 14.6. The Balaban J connectivity index is 3.31. The molecular formula is C13H19NO5. The number of hydrogen-bond acceptors (Lipinski definition) is 5. The first kappa shape index (κ1) is 15.2. The van der Waals surface area contributed by atoms with Crippen LogP contribution in [0, 0.1) is 15.5 Å². The number of hydrogen-bond donors (Lipinski definition) is 1.